The van der Waals surface area contributed by atoms with Gasteiger partial charge in [-0.3, -0.25) is 24.2 Å². The minimum Gasteiger partial charge on any atom is -0.457 e. The van der Waals surface area contributed by atoms with Crippen molar-refractivity contribution in [2.45, 2.75) is 22.6 Å². The average Bonchev–Trinajstić information content (AvgIpc) is 1.58. The van der Waals surface area contributed by atoms with Gasteiger partial charge >= 0.3 is 18.1 Å². The van der Waals surface area contributed by atoms with Gasteiger partial charge in [0.2, 0.25) is 0 Å². The van der Waals surface area contributed by atoms with Crippen LogP contribution in [0.5, 0.6) is 23.0 Å². The first-order valence-corrected chi connectivity index (χ1v) is 40.4. The number of nitrogens with one attached hydrogen (secondary N) is 4. The molecule has 0 spiro atoms. The van der Waals surface area contributed by atoms with Crippen LogP contribution in [-0.4, -0.2) is 221 Å². The van der Waals surface area contributed by atoms with Crippen LogP contribution in [0.4, 0.5) is 66.0 Å². The number of hydrogen-bond acceptors (Lipinski definition) is 23. The minimum atomic E-state index is -0.375. The molecule has 0 saturated carbocycles. The quantitative estimate of drug-likeness (QED) is 0.0547. The number of likely N-dealkylation sites (N-methyl/N-ethyl adjacent to an activating group) is 1. The number of carbonyl (C=O) groups excluding carboxylic acids is 6. The number of para-hydroxylation sites is 2. The number of anilines is 9. The van der Waals surface area contributed by atoms with Crippen molar-refractivity contribution >= 4 is 164 Å². The molecule has 576 valence electrons. The highest BCUT2D eigenvalue weighted by Crippen LogP contribution is 2.49. The summed E-state index contributed by atoms with van der Waals surface area (Å²) in [6, 6.07) is 50.3. The number of nitrogens with zero attached hydrogens (tertiary/aromatic N) is 15. The van der Waals surface area contributed by atoms with Crippen LogP contribution in [0.25, 0.3) is 30.6 Å². The normalized spacial score (nSPS) is 15.7. The number of rotatable bonds is 19. The number of carbonyl (C=O) groups is 6. The third-order valence-electron chi connectivity index (χ3n) is 19.7. The molecule has 12 aromatic rings. The maximum absolute atomic E-state index is 13.7. The van der Waals surface area contributed by atoms with Crippen molar-refractivity contribution < 1.29 is 43.0 Å². The van der Waals surface area contributed by atoms with Crippen LogP contribution in [0, 0.1) is 0 Å². The summed E-state index contributed by atoms with van der Waals surface area (Å²) in [5.41, 5.74) is 3.42. The molecule has 6 aliphatic rings. The Bertz CT molecular complexity index is 5460. The van der Waals surface area contributed by atoms with Crippen molar-refractivity contribution in [2.75, 3.05) is 157 Å². The molecule has 0 atom stereocenters. The fraction of sp³-hybridized carbons (Fsp3) is 0.259. The van der Waals surface area contributed by atoms with Gasteiger partial charge in [-0.2, -0.15) is 0 Å². The Balaban J connectivity index is 0.000000129. The molecule has 28 nitrogen and oxygen atoms in total. The van der Waals surface area contributed by atoms with E-state index in [4.69, 9.17) is 14.2 Å². The van der Waals surface area contributed by atoms with Gasteiger partial charge < -0.3 is 55.1 Å². The lowest BCUT2D eigenvalue weighted by Gasteiger charge is -2.36. The third kappa shape index (κ3) is 16.7. The number of ether oxygens (including phenoxy) is 3. The second kappa shape index (κ2) is 34.2. The third-order valence-corrected chi connectivity index (χ3v) is 24.0. The molecule has 32 heteroatoms. The van der Waals surface area contributed by atoms with Gasteiger partial charge in [0.05, 0.1) is 63.5 Å². The lowest BCUT2D eigenvalue weighted by atomic mass is 10.2. The van der Waals surface area contributed by atoms with Gasteiger partial charge in [-0.15, -0.1) is 34.0 Å². The molecule has 12 heterocycles. The zero-order valence-corrected chi connectivity index (χ0v) is 65.3. The summed E-state index contributed by atoms with van der Waals surface area (Å²) in [4.78, 5) is 130. The van der Waals surface area contributed by atoms with Gasteiger partial charge in [0.25, 0.3) is 17.7 Å². The second-order valence-corrected chi connectivity index (χ2v) is 31.7. The summed E-state index contributed by atoms with van der Waals surface area (Å²) in [7, 11) is 6.05. The van der Waals surface area contributed by atoms with Gasteiger partial charge in [0.1, 0.15) is 71.1 Å². The Hall–Kier alpha value is -11.6. The molecule has 3 saturated heterocycles. The largest absolute Gasteiger partial charge is 0.457 e. The molecule has 0 unspecified atom stereocenters. The predicted molar refractivity (Wildman–Crippen MR) is 442 cm³/mol. The molecule has 9 amide bonds. The SMILES string of the molecule is CN(C)CCCNC(=O)c1sc2ncnc3c2c1NC(=O)N3c1ccc(Sc2ccccc2)cc1.CN1CCCN(C(=O)c2sc3ncnc4c3c2NC(=O)N4c2ccc(Oc3ccccc3)cc2)CC1.O=C(c1sc2ncnc3c2c1NC(=O)N3c1ccc(Oc2ccccc2)cc1)N1CCN(CCN2CCOCC2)CC1. The molecule has 113 heavy (non-hydrogen) atoms. The number of piperazine rings is 1. The molecular weight excluding hydrogens is 1510 g/mol. The zero-order valence-electron chi connectivity index (χ0n) is 62.1. The first-order valence-electron chi connectivity index (χ1n) is 37.1. The summed E-state index contributed by atoms with van der Waals surface area (Å²) in [5, 5.41) is 13.8. The van der Waals surface area contributed by atoms with Crippen molar-refractivity contribution in [1.29, 1.82) is 0 Å². The molecule has 18 rings (SSSR count). The van der Waals surface area contributed by atoms with Gasteiger partial charge in [-0.25, -0.2) is 59.0 Å². The topological polar surface area (TPSA) is 285 Å². The summed E-state index contributed by atoms with van der Waals surface area (Å²) in [6.07, 6.45) is 6.06. The highest BCUT2D eigenvalue weighted by Gasteiger charge is 2.39. The lowest BCUT2D eigenvalue weighted by Crippen LogP contribution is -2.51. The Morgan fingerprint density at radius 1 is 0.469 bits per heavy atom. The molecular formula is C81H79N19O9S4. The van der Waals surface area contributed by atoms with Crippen molar-refractivity contribution in [3.8, 4) is 23.0 Å². The van der Waals surface area contributed by atoms with Crippen molar-refractivity contribution in [3.63, 3.8) is 0 Å². The van der Waals surface area contributed by atoms with Gasteiger partial charge in [0.15, 0.2) is 17.5 Å². The first-order chi connectivity index (χ1) is 55.2. The van der Waals surface area contributed by atoms with E-state index in [2.05, 4.69) is 90.0 Å². The molecule has 6 aromatic heterocycles. The maximum atomic E-state index is 13.7. The number of benzene rings is 6. The standard InChI is InChI=1S/C30H31N7O4S.C26H24N6O3S.C25H24N6O2S2/c38-29(36-14-12-34(13-15-36)10-11-35-16-18-40-19-17-35)26-25-24-27(31-20-32-28(24)42-26)37(30(39)33-25)21-6-8-23(9-7-21)41-22-4-2-1-3-5-22;1-30-12-5-13-31(15-14-30)25(33)22-21-20-23(27-16-28-24(20)36-22)32(26(34)29-21)17-8-10-19(11-9-17)35-18-6-3-2-4-7-18;1-30(2)14-6-13-26-23(32)21-20-19-22(27-15-28-24(19)35-21)31(25(33)29-20)16-9-11-18(12-10-16)34-17-7-4-3-5-8-17/h1-9,20H,10-19H2,(H,33,39);2-4,6-11,16H,5,12-15H2,1H3,(H,29,34);3-5,7-12,15H,6,13-14H2,1-2H3,(H,26,32)(H,29,33). The Labute approximate surface area is 666 Å². The van der Waals surface area contributed by atoms with Crippen LogP contribution in [0.1, 0.15) is 41.9 Å². The average molecular weight is 1590 g/mol. The summed E-state index contributed by atoms with van der Waals surface area (Å²) in [6.45, 7) is 13.1. The number of morpholine rings is 1. The van der Waals surface area contributed by atoms with E-state index in [1.54, 1.807) is 11.8 Å². The fourth-order valence-corrected chi connectivity index (χ4v) is 17.9. The van der Waals surface area contributed by atoms with Crippen LogP contribution in [0.15, 0.2) is 193 Å². The van der Waals surface area contributed by atoms with E-state index in [1.165, 1.54) is 67.7 Å². The number of hydrogen-bond donors (Lipinski definition) is 4. The van der Waals surface area contributed by atoms with E-state index in [-0.39, 0.29) is 35.8 Å². The van der Waals surface area contributed by atoms with Crippen molar-refractivity contribution in [3.05, 3.63) is 197 Å². The monoisotopic (exact) mass is 1590 g/mol. The molecule has 0 bridgehead atoms. The summed E-state index contributed by atoms with van der Waals surface area (Å²) < 4.78 is 17.2. The smallest absolute Gasteiger partial charge is 0.332 e. The van der Waals surface area contributed by atoms with E-state index >= 15 is 0 Å². The molecule has 0 radical (unpaired) electrons. The summed E-state index contributed by atoms with van der Waals surface area (Å²) >= 11 is 5.51. The predicted octanol–water partition coefficient (Wildman–Crippen LogP) is 14.4. The zero-order chi connectivity index (χ0) is 77.5. The van der Waals surface area contributed by atoms with Gasteiger partial charge in [-0.1, -0.05) is 66.4 Å². The number of thiophene rings is 3. The lowest BCUT2D eigenvalue weighted by molar-refractivity contribution is 0.0294. The Morgan fingerprint density at radius 3 is 1.34 bits per heavy atom. The maximum Gasteiger partial charge on any atom is 0.332 e. The van der Waals surface area contributed by atoms with Crippen molar-refractivity contribution in [2.24, 2.45) is 0 Å². The van der Waals surface area contributed by atoms with Gasteiger partial charge in [-0.05, 0) is 156 Å². The van der Waals surface area contributed by atoms with Gasteiger partial charge in [0, 0.05) is 88.3 Å². The summed E-state index contributed by atoms with van der Waals surface area (Å²) in [5.74, 6) is 3.78. The first kappa shape index (κ1) is 75.4. The van der Waals surface area contributed by atoms with E-state index < -0.39 is 0 Å². The number of urea groups is 3. The Morgan fingerprint density at radius 2 is 0.867 bits per heavy atom. The van der Waals surface area contributed by atoms with E-state index in [1.807, 2.05) is 176 Å². The minimum absolute atomic E-state index is 0.0783. The van der Waals surface area contributed by atoms with Crippen LogP contribution < -0.4 is 45.4 Å². The van der Waals surface area contributed by atoms with Crippen molar-refractivity contribution in [1.82, 2.24) is 64.6 Å². The molecule has 3 fully saturated rings. The highest BCUT2D eigenvalue weighted by molar-refractivity contribution is 7.99. The van der Waals surface area contributed by atoms with E-state index in [9.17, 15) is 28.8 Å². The second-order valence-electron chi connectivity index (χ2n) is 27.5. The number of aromatic nitrogens is 6. The van der Waals surface area contributed by atoms with Crippen LogP contribution in [0.3, 0.4) is 0 Å². The molecule has 6 aliphatic heterocycles. The molecule has 4 N–H and O–H groups in total. The fourth-order valence-electron chi connectivity index (χ4n) is 13.9. The number of amides is 9. The van der Waals surface area contributed by atoms with Crippen LogP contribution in [0.2, 0.25) is 0 Å². The van der Waals surface area contributed by atoms with Crippen LogP contribution >= 0.6 is 45.8 Å². The highest BCUT2D eigenvalue weighted by atomic mass is 32.2. The molecule has 6 aromatic carbocycles. The van der Waals surface area contributed by atoms with E-state index in [0.717, 1.165) is 106 Å². The van der Waals surface area contributed by atoms with E-state index in [0.29, 0.717) is 141 Å². The van der Waals surface area contributed by atoms with Crippen LogP contribution in [-0.2, 0) is 4.74 Å². The molecule has 0 aliphatic carbocycles. The Kier molecular flexibility index (Phi) is 22.8.